The number of aliphatic carboxylic acids is 1. The Bertz CT molecular complexity index is 385. The third-order valence-electron chi connectivity index (χ3n) is 5.41. The van der Waals surface area contributed by atoms with Gasteiger partial charge in [0.15, 0.2) is 0 Å². The normalized spacial score (nSPS) is 27.5. The summed E-state index contributed by atoms with van der Waals surface area (Å²) in [4.78, 5) is 25.0. The second-order valence-corrected chi connectivity index (χ2v) is 7.11. The number of nitrogens with one attached hydrogen (secondary N) is 1. The smallest absolute Gasteiger partial charge is 0.317 e. The molecule has 0 spiro atoms. The lowest BCUT2D eigenvalue weighted by Crippen LogP contribution is -2.50. The maximum atomic E-state index is 12.3. The summed E-state index contributed by atoms with van der Waals surface area (Å²) in [6.45, 7) is 2.76. The Labute approximate surface area is 127 Å². The van der Waals surface area contributed by atoms with Crippen LogP contribution in [0.3, 0.4) is 0 Å². The quantitative estimate of drug-likeness (QED) is 0.819. The molecule has 5 nitrogen and oxygen atoms in total. The molecule has 21 heavy (non-hydrogen) atoms. The van der Waals surface area contributed by atoms with Crippen molar-refractivity contribution in [1.82, 2.24) is 10.2 Å². The van der Waals surface area contributed by atoms with Crippen LogP contribution in [0.4, 0.5) is 4.79 Å². The van der Waals surface area contributed by atoms with Crippen LogP contribution in [0.25, 0.3) is 0 Å². The Kier molecular flexibility index (Phi) is 5.12. The van der Waals surface area contributed by atoms with Gasteiger partial charge in [0.1, 0.15) is 0 Å². The van der Waals surface area contributed by atoms with Crippen LogP contribution in [0.15, 0.2) is 0 Å². The van der Waals surface area contributed by atoms with Gasteiger partial charge >= 0.3 is 12.0 Å². The van der Waals surface area contributed by atoms with Crippen LogP contribution in [-0.2, 0) is 4.79 Å². The highest BCUT2D eigenvalue weighted by Gasteiger charge is 2.39. The van der Waals surface area contributed by atoms with E-state index in [-0.39, 0.29) is 17.9 Å². The van der Waals surface area contributed by atoms with Crippen molar-refractivity contribution in [3.63, 3.8) is 0 Å². The van der Waals surface area contributed by atoms with Crippen molar-refractivity contribution in [2.45, 2.75) is 64.3 Å². The molecule has 0 aromatic rings. The molecule has 2 aliphatic carbocycles. The maximum absolute atomic E-state index is 12.3. The van der Waals surface area contributed by atoms with Gasteiger partial charge in [-0.25, -0.2) is 4.79 Å². The van der Waals surface area contributed by atoms with Crippen LogP contribution in [0, 0.1) is 11.3 Å². The number of carboxylic acid groups (broad SMARTS) is 1. The van der Waals surface area contributed by atoms with Crippen molar-refractivity contribution in [1.29, 1.82) is 0 Å². The lowest BCUT2D eigenvalue weighted by Gasteiger charge is -2.41. The molecule has 5 heteroatoms. The zero-order valence-corrected chi connectivity index (χ0v) is 13.2. The number of nitrogens with zero attached hydrogens (tertiary/aromatic N) is 1. The largest absolute Gasteiger partial charge is 0.481 e. The minimum atomic E-state index is -0.765. The molecule has 0 radical (unpaired) electrons. The number of rotatable bonds is 5. The molecule has 0 bridgehead atoms. The molecule has 0 saturated heterocycles. The van der Waals surface area contributed by atoms with Gasteiger partial charge in [-0.3, -0.25) is 4.79 Å². The molecule has 0 aromatic carbocycles. The van der Waals surface area contributed by atoms with E-state index in [1.54, 1.807) is 0 Å². The van der Waals surface area contributed by atoms with Gasteiger partial charge in [0, 0.05) is 19.6 Å². The summed E-state index contributed by atoms with van der Waals surface area (Å²) in [6, 6.07) is 0.282. The van der Waals surface area contributed by atoms with E-state index < -0.39 is 5.97 Å². The monoisotopic (exact) mass is 296 g/mol. The number of hydrogen-bond acceptors (Lipinski definition) is 2. The van der Waals surface area contributed by atoms with Crippen LogP contribution >= 0.6 is 0 Å². The van der Waals surface area contributed by atoms with Crippen molar-refractivity contribution in [2.24, 2.45) is 11.3 Å². The predicted molar refractivity (Wildman–Crippen MR) is 81.1 cm³/mol. The molecule has 2 fully saturated rings. The number of urea groups is 1. The summed E-state index contributed by atoms with van der Waals surface area (Å²) < 4.78 is 0. The van der Waals surface area contributed by atoms with E-state index in [4.69, 9.17) is 5.11 Å². The third kappa shape index (κ3) is 4.11. The molecule has 0 atom stereocenters. The van der Waals surface area contributed by atoms with Crippen molar-refractivity contribution < 1.29 is 14.7 Å². The first-order valence-electron chi connectivity index (χ1n) is 8.14. The molecule has 120 valence electrons. The predicted octanol–water partition coefficient (Wildman–Crippen LogP) is 2.85. The molecular weight excluding hydrogens is 268 g/mol. The first kappa shape index (κ1) is 16.1. The summed E-state index contributed by atoms with van der Waals surface area (Å²) in [6.07, 6.45) is 7.57. The Morgan fingerprint density at radius 2 is 1.86 bits per heavy atom. The Balaban J connectivity index is 1.79. The lowest BCUT2D eigenvalue weighted by molar-refractivity contribution is -0.141. The average molecular weight is 296 g/mol. The molecule has 0 heterocycles. The molecule has 2 saturated carbocycles. The zero-order chi connectivity index (χ0) is 15.5. The van der Waals surface area contributed by atoms with Crippen molar-refractivity contribution >= 4 is 12.0 Å². The fourth-order valence-corrected chi connectivity index (χ4v) is 3.60. The first-order valence-corrected chi connectivity index (χ1v) is 8.14. The van der Waals surface area contributed by atoms with Crippen LogP contribution in [-0.4, -0.2) is 41.6 Å². The molecule has 0 aliphatic heterocycles. The number of hydrogen-bond donors (Lipinski definition) is 2. The first-order chi connectivity index (χ1) is 9.92. The van der Waals surface area contributed by atoms with Gasteiger partial charge in [-0.05, 0) is 49.9 Å². The number of carbonyl (C=O) groups excluding carboxylic acids is 1. The Hall–Kier alpha value is -1.26. The molecule has 0 aromatic heterocycles. The van der Waals surface area contributed by atoms with Gasteiger partial charge in [0.2, 0.25) is 0 Å². The lowest BCUT2D eigenvalue weighted by atomic mass is 9.66. The fraction of sp³-hybridized carbons (Fsp3) is 0.875. The van der Waals surface area contributed by atoms with E-state index in [0.29, 0.717) is 12.6 Å². The van der Waals surface area contributed by atoms with E-state index in [1.807, 2.05) is 11.9 Å². The third-order valence-corrected chi connectivity index (χ3v) is 5.41. The van der Waals surface area contributed by atoms with E-state index in [9.17, 15) is 9.59 Å². The van der Waals surface area contributed by atoms with E-state index in [1.165, 1.54) is 12.8 Å². The molecule has 0 unspecified atom stereocenters. The summed E-state index contributed by atoms with van der Waals surface area (Å²) in [5.41, 5.74) is -0.205. The zero-order valence-electron chi connectivity index (χ0n) is 13.2. The molecule has 2 N–H and O–H groups in total. The van der Waals surface area contributed by atoms with Crippen LogP contribution < -0.4 is 5.32 Å². The second-order valence-electron chi connectivity index (χ2n) is 7.11. The van der Waals surface area contributed by atoms with Crippen molar-refractivity contribution in [3.05, 3.63) is 0 Å². The van der Waals surface area contributed by atoms with Gasteiger partial charge in [-0.2, -0.15) is 0 Å². The summed E-state index contributed by atoms with van der Waals surface area (Å²) >= 11 is 0. The number of carboxylic acids is 1. The van der Waals surface area contributed by atoms with Gasteiger partial charge in [-0.15, -0.1) is 0 Å². The van der Waals surface area contributed by atoms with Crippen molar-refractivity contribution in [2.75, 3.05) is 13.6 Å². The average Bonchev–Trinajstić information content (AvgIpc) is 2.41. The van der Waals surface area contributed by atoms with E-state index >= 15 is 0 Å². The van der Waals surface area contributed by atoms with Crippen LogP contribution in [0.1, 0.15) is 58.3 Å². The molecular formula is C16H28N2O3. The van der Waals surface area contributed by atoms with Crippen LogP contribution in [0.2, 0.25) is 0 Å². The van der Waals surface area contributed by atoms with Gasteiger partial charge < -0.3 is 15.3 Å². The fourth-order valence-electron chi connectivity index (χ4n) is 3.60. The highest BCUT2D eigenvalue weighted by molar-refractivity contribution is 5.74. The van der Waals surface area contributed by atoms with E-state index in [0.717, 1.165) is 38.0 Å². The topological polar surface area (TPSA) is 69.6 Å². The minimum Gasteiger partial charge on any atom is -0.481 e. The standard InChI is InChI=1S/C16H28N2O3/c1-12-4-6-13(7-5-12)18(2)15(21)17-11-16(8-3-9-16)10-14(19)20/h12-13H,3-11H2,1-2H3,(H,17,21)(H,19,20). The van der Waals surface area contributed by atoms with Crippen LogP contribution in [0.5, 0.6) is 0 Å². The Morgan fingerprint density at radius 3 is 2.33 bits per heavy atom. The molecule has 2 amide bonds. The number of amides is 2. The van der Waals surface area contributed by atoms with Gasteiger partial charge in [0.05, 0.1) is 6.42 Å². The number of carbonyl (C=O) groups is 2. The van der Waals surface area contributed by atoms with Crippen molar-refractivity contribution in [3.8, 4) is 0 Å². The molecule has 2 aliphatic rings. The Morgan fingerprint density at radius 1 is 1.24 bits per heavy atom. The SMILES string of the molecule is CC1CCC(N(C)C(=O)NCC2(CC(=O)O)CCC2)CC1. The summed E-state index contributed by atoms with van der Waals surface area (Å²) in [5, 5.41) is 12.0. The highest BCUT2D eigenvalue weighted by atomic mass is 16.4. The van der Waals surface area contributed by atoms with Gasteiger partial charge in [-0.1, -0.05) is 13.3 Å². The minimum absolute atomic E-state index is 0.0498. The van der Waals surface area contributed by atoms with E-state index in [2.05, 4.69) is 12.2 Å². The summed E-state index contributed by atoms with van der Waals surface area (Å²) in [5.74, 6) is 0.00472. The van der Waals surface area contributed by atoms with Gasteiger partial charge in [0.25, 0.3) is 0 Å². The maximum Gasteiger partial charge on any atom is 0.317 e. The second kappa shape index (κ2) is 6.67. The molecule has 2 rings (SSSR count). The summed E-state index contributed by atoms with van der Waals surface area (Å²) in [7, 11) is 1.86. The highest BCUT2D eigenvalue weighted by Crippen LogP contribution is 2.43.